The fraction of sp³-hybridized carbons (Fsp3) is 0.318. The number of ether oxygens (including phenoxy) is 3. The van der Waals surface area contributed by atoms with E-state index in [4.69, 9.17) is 14.2 Å². The van der Waals surface area contributed by atoms with Crippen LogP contribution < -0.4 is 19.7 Å². The van der Waals surface area contributed by atoms with Gasteiger partial charge in [0.2, 0.25) is 5.91 Å². The number of hydrogen-bond donors (Lipinski definition) is 1. The van der Waals surface area contributed by atoms with Gasteiger partial charge in [-0.15, -0.1) is 0 Å². The van der Waals surface area contributed by atoms with Gasteiger partial charge in [0.25, 0.3) is 5.91 Å². The topological polar surface area (TPSA) is 94.2 Å². The Hall–Kier alpha value is -3.55. The van der Waals surface area contributed by atoms with Gasteiger partial charge in [0.05, 0.1) is 5.92 Å². The van der Waals surface area contributed by atoms with Gasteiger partial charge in [-0.2, -0.15) is 0 Å². The lowest BCUT2D eigenvalue weighted by Crippen LogP contribution is -2.28. The summed E-state index contributed by atoms with van der Waals surface area (Å²) in [4.78, 5) is 38.4. The second kappa shape index (κ2) is 8.44. The fourth-order valence-corrected chi connectivity index (χ4v) is 3.47. The molecule has 0 unspecified atom stereocenters. The predicted molar refractivity (Wildman–Crippen MR) is 109 cm³/mol. The number of amides is 2. The number of anilines is 2. The molecule has 0 spiro atoms. The van der Waals surface area contributed by atoms with Crippen molar-refractivity contribution in [3.05, 3.63) is 48.0 Å². The Labute approximate surface area is 173 Å². The maximum Gasteiger partial charge on any atom is 0.311 e. The van der Waals surface area contributed by atoms with E-state index in [0.717, 1.165) is 5.56 Å². The molecule has 2 aromatic rings. The minimum atomic E-state index is -0.628. The zero-order valence-corrected chi connectivity index (χ0v) is 16.6. The molecule has 2 amide bonds. The normalized spacial score (nSPS) is 17.6. The number of hydrogen-bond acceptors (Lipinski definition) is 6. The number of aryl methyl sites for hydroxylation is 1. The summed E-state index contributed by atoms with van der Waals surface area (Å²) >= 11 is 0. The molecular formula is C22H22N2O6. The molecule has 2 aliphatic rings. The Morgan fingerprint density at radius 3 is 2.70 bits per heavy atom. The summed E-state index contributed by atoms with van der Waals surface area (Å²) in [5.74, 6) is -0.596. The molecule has 0 saturated carbocycles. The third kappa shape index (κ3) is 4.22. The predicted octanol–water partition coefficient (Wildman–Crippen LogP) is 2.30. The van der Waals surface area contributed by atoms with E-state index >= 15 is 0 Å². The Kier molecular flexibility index (Phi) is 5.56. The number of fused-ring (bicyclic) bond motifs is 1. The minimum Gasteiger partial charge on any atom is -0.486 e. The molecule has 2 aromatic carbocycles. The van der Waals surface area contributed by atoms with Gasteiger partial charge in [-0.1, -0.05) is 18.2 Å². The highest BCUT2D eigenvalue weighted by Crippen LogP contribution is 2.36. The van der Waals surface area contributed by atoms with Gasteiger partial charge in [0.15, 0.2) is 18.1 Å². The first-order valence-corrected chi connectivity index (χ1v) is 9.73. The molecular weight excluding hydrogens is 388 g/mol. The molecule has 2 heterocycles. The summed E-state index contributed by atoms with van der Waals surface area (Å²) in [6.07, 6.45) is 0.0344. The molecule has 8 heteroatoms. The molecule has 0 aliphatic carbocycles. The van der Waals surface area contributed by atoms with E-state index in [1.54, 1.807) is 24.3 Å². The van der Waals surface area contributed by atoms with Gasteiger partial charge >= 0.3 is 5.97 Å². The number of carbonyl (C=O) groups is 3. The Morgan fingerprint density at radius 2 is 1.90 bits per heavy atom. The lowest BCUT2D eigenvalue weighted by Gasteiger charge is -2.22. The molecule has 0 bridgehead atoms. The zero-order valence-electron chi connectivity index (χ0n) is 16.6. The van der Waals surface area contributed by atoms with Crippen molar-refractivity contribution in [3.63, 3.8) is 0 Å². The molecule has 1 atom stereocenters. The van der Waals surface area contributed by atoms with Crippen LogP contribution in [0.5, 0.6) is 11.5 Å². The highest BCUT2D eigenvalue weighted by atomic mass is 16.6. The number of para-hydroxylation sites is 1. The van der Waals surface area contributed by atoms with Crippen LogP contribution in [0.25, 0.3) is 0 Å². The van der Waals surface area contributed by atoms with Crippen LogP contribution in [0.4, 0.5) is 11.4 Å². The summed E-state index contributed by atoms with van der Waals surface area (Å²) in [7, 11) is 0. The van der Waals surface area contributed by atoms with Crippen molar-refractivity contribution in [1.82, 2.24) is 0 Å². The highest BCUT2D eigenvalue weighted by Gasteiger charge is 2.36. The van der Waals surface area contributed by atoms with Gasteiger partial charge < -0.3 is 24.4 Å². The van der Waals surface area contributed by atoms with Crippen molar-refractivity contribution in [3.8, 4) is 11.5 Å². The third-order valence-electron chi connectivity index (χ3n) is 5.06. The van der Waals surface area contributed by atoms with Crippen LogP contribution in [-0.4, -0.2) is 44.1 Å². The monoisotopic (exact) mass is 410 g/mol. The summed E-state index contributed by atoms with van der Waals surface area (Å²) in [6, 6.07) is 12.6. The molecule has 1 fully saturated rings. The average molecular weight is 410 g/mol. The van der Waals surface area contributed by atoms with Crippen molar-refractivity contribution in [2.75, 3.05) is 36.6 Å². The molecule has 0 radical (unpaired) electrons. The average Bonchev–Trinajstić information content (AvgIpc) is 3.15. The van der Waals surface area contributed by atoms with E-state index in [9.17, 15) is 14.4 Å². The number of benzene rings is 2. The van der Waals surface area contributed by atoms with E-state index in [2.05, 4.69) is 5.32 Å². The van der Waals surface area contributed by atoms with Crippen LogP contribution in [0, 0.1) is 12.8 Å². The van der Waals surface area contributed by atoms with Gasteiger partial charge in [0.1, 0.15) is 13.2 Å². The fourth-order valence-electron chi connectivity index (χ4n) is 3.47. The Balaban J connectivity index is 1.33. The Bertz CT molecular complexity index is 989. The molecule has 2 aliphatic heterocycles. The van der Waals surface area contributed by atoms with Gasteiger partial charge in [-0.3, -0.25) is 14.4 Å². The van der Waals surface area contributed by atoms with Crippen molar-refractivity contribution < 1.29 is 28.6 Å². The van der Waals surface area contributed by atoms with Crippen LogP contribution in [-0.2, 0) is 19.1 Å². The number of rotatable bonds is 5. The van der Waals surface area contributed by atoms with Gasteiger partial charge in [0, 0.05) is 30.4 Å². The zero-order chi connectivity index (χ0) is 21.1. The quantitative estimate of drug-likeness (QED) is 0.761. The van der Waals surface area contributed by atoms with Gasteiger partial charge in [-0.05, 0) is 30.7 Å². The van der Waals surface area contributed by atoms with Crippen LogP contribution in [0.15, 0.2) is 42.5 Å². The Morgan fingerprint density at radius 1 is 1.13 bits per heavy atom. The first kappa shape index (κ1) is 19.8. The maximum atomic E-state index is 12.4. The third-order valence-corrected chi connectivity index (χ3v) is 5.06. The van der Waals surface area contributed by atoms with Crippen molar-refractivity contribution >= 4 is 29.2 Å². The first-order chi connectivity index (χ1) is 14.5. The summed E-state index contributed by atoms with van der Waals surface area (Å²) in [6.45, 7) is 2.60. The number of esters is 1. The van der Waals surface area contributed by atoms with E-state index in [1.165, 1.54) is 4.90 Å². The lowest BCUT2D eigenvalue weighted by atomic mass is 10.1. The summed E-state index contributed by atoms with van der Waals surface area (Å²) < 4.78 is 16.2. The summed E-state index contributed by atoms with van der Waals surface area (Å²) in [5, 5.41) is 2.71. The minimum absolute atomic E-state index is 0.0344. The second-order valence-electron chi connectivity index (χ2n) is 7.20. The van der Waals surface area contributed by atoms with Crippen molar-refractivity contribution in [2.24, 2.45) is 5.92 Å². The molecule has 0 aromatic heterocycles. The van der Waals surface area contributed by atoms with Crippen LogP contribution in [0.2, 0.25) is 0 Å². The summed E-state index contributed by atoms with van der Waals surface area (Å²) in [5.41, 5.74) is 2.21. The second-order valence-corrected chi connectivity index (χ2v) is 7.20. The molecule has 4 rings (SSSR count). The van der Waals surface area contributed by atoms with E-state index in [0.29, 0.717) is 36.1 Å². The molecule has 1 N–H and O–H groups in total. The van der Waals surface area contributed by atoms with E-state index < -0.39 is 24.4 Å². The van der Waals surface area contributed by atoms with Gasteiger partial charge in [-0.25, -0.2) is 0 Å². The van der Waals surface area contributed by atoms with E-state index in [-0.39, 0.29) is 18.9 Å². The van der Waals surface area contributed by atoms with Crippen LogP contribution >= 0.6 is 0 Å². The highest BCUT2D eigenvalue weighted by molar-refractivity contribution is 6.00. The van der Waals surface area contributed by atoms with Crippen molar-refractivity contribution in [1.29, 1.82) is 0 Å². The molecule has 156 valence electrons. The molecule has 30 heavy (non-hydrogen) atoms. The standard InChI is InChI=1S/C22H22N2O6/c1-14-4-2-3-5-17(14)23-20(25)13-30-22(27)15-10-21(26)24(12-15)16-6-7-18-19(11-16)29-9-8-28-18/h2-7,11,15H,8-10,12-13H2,1H3,(H,23,25)/t15-/m1/s1. The maximum absolute atomic E-state index is 12.4. The SMILES string of the molecule is Cc1ccccc1NC(=O)COC(=O)[C@@H]1CC(=O)N(c2ccc3c(c2)OCCO3)C1. The van der Waals surface area contributed by atoms with Crippen molar-refractivity contribution in [2.45, 2.75) is 13.3 Å². The first-order valence-electron chi connectivity index (χ1n) is 9.73. The van der Waals surface area contributed by atoms with Crippen LogP contribution in [0.3, 0.4) is 0 Å². The molecule has 1 saturated heterocycles. The largest absolute Gasteiger partial charge is 0.486 e. The smallest absolute Gasteiger partial charge is 0.311 e. The van der Waals surface area contributed by atoms with E-state index in [1.807, 2.05) is 25.1 Å². The number of nitrogens with one attached hydrogen (secondary N) is 1. The lowest BCUT2D eigenvalue weighted by molar-refractivity contribution is -0.151. The number of nitrogens with zero attached hydrogens (tertiary/aromatic N) is 1. The van der Waals surface area contributed by atoms with Crippen LogP contribution in [0.1, 0.15) is 12.0 Å². The molecule has 8 nitrogen and oxygen atoms in total. The number of carbonyl (C=O) groups excluding carboxylic acids is 3.